The minimum Gasteiger partial charge on any atom is -0.364 e. The van der Waals surface area contributed by atoms with Crippen LogP contribution in [0, 0.1) is 17.2 Å². The van der Waals surface area contributed by atoms with Gasteiger partial charge in [0.05, 0.1) is 5.56 Å². The molecule has 1 heterocycles. The lowest BCUT2D eigenvalue weighted by atomic mass is 9.94. The molecule has 0 aromatic carbocycles. The molecule has 3 rings (SSSR count). The van der Waals surface area contributed by atoms with E-state index in [1.807, 2.05) is 6.07 Å². The van der Waals surface area contributed by atoms with Crippen LogP contribution in [0.5, 0.6) is 0 Å². The van der Waals surface area contributed by atoms with Crippen LogP contribution in [0.4, 0.5) is 5.82 Å². The Morgan fingerprint density at radius 1 is 1.32 bits per heavy atom. The molecule has 0 spiro atoms. The Labute approximate surface area is 115 Å². The summed E-state index contributed by atoms with van der Waals surface area (Å²) in [6.07, 6.45) is 7.14. The molecule has 0 amide bonds. The summed E-state index contributed by atoms with van der Waals surface area (Å²) < 4.78 is 0. The van der Waals surface area contributed by atoms with E-state index in [0.717, 1.165) is 24.6 Å². The first-order valence-corrected chi connectivity index (χ1v) is 7.31. The summed E-state index contributed by atoms with van der Waals surface area (Å²) in [5.41, 5.74) is 3.22. The van der Waals surface area contributed by atoms with E-state index in [9.17, 15) is 5.26 Å². The highest BCUT2D eigenvalue weighted by Crippen LogP contribution is 2.41. The van der Waals surface area contributed by atoms with Gasteiger partial charge in [0.15, 0.2) is 0 Å². The number of nitrogens with zero attached hydrogens (tertiary/aromatic N) is 2. The molecule has 0 unspecified atom stereocenters. The zero-order valence-corrected chi connectivity index (χ0v) is 11.8. The lowest BCUT2D eigenvalue weighted by molar-refractivity contribution is 0.492. The van der Waals surface area contributed by atoms with Crippen molar-refractivity contribution in [1.82, 2.24) is 4.98 Å². The molecule has 3 heteroatoms. The fourth-order valence-corrected chi connectivity index (χ4v) is 3.03. The Morgan fingerprint density at radius 3 is 2.74 bits per heavy atom. The molecule has 1 saturated carbocycles. The number of nitrogens with one attached hydrogen (secondary N) is 1. The van der Waals surface area contributed by atoms with Crippen molar-refractivity contribution in [3.05, 3.63) is 22.9 Å². The van der Waals surface area contributed by atoms with Crippen molar-refractivity contribution in [2.75, 3.05) is 5.32 Å². The molecule has 2 aliphatic rings. The Balaban J connectivity index is 1.93. The number of nitriles is 1. The van der Waals surface area contributed by atoms with Crippen molar-refractivity contribution in [2.45, 2.75) is 57.9 Å². The molecular formula is C16H21N3. The lowest BCUT2D eigenvalue weighted by Crippen LogP contribution is -2.34. The van der Waals surface area contributed by atoms with E-state index < -0.39 is 0 Å². The highest BCUT2D eigenvalue weighted by Gasteiger charge is 2.38. The smallest absolute Gasteiger partial charge is 0.144 e. The van der Waals surface area contributed by atoms with Crippen LogP contribution in [0.1, 0.15) is 56.4 Å². The van der Waals surface area contributed by atoms with E-state index in [-0.39, 0.29) is 5.54 Å². The van der Waals surface area contributed by atoms with E-state index >= 15 is 0 Å². The van der Waals surface area contributed by atoms with Crippen LogP contribution < -0.4 is 5.32 Å². The molecule has 1 aromatic heterocycles. The van der Waals surface area contributed by atoms with Gasteiger partial charge in [0.2, 0.25) is 0 Å². The predicted molar refractivity (Wildman–Crippen MR) is 76.0 cm³/mol. The maximum atomic E-state index is 9.34. The quantitative estimate of drug-likeness (QED) is 0.900. The van der Waals surface area contributed by atoms with Gasteiger partial charge in [-0.15, -0.1) is 0 Å². The minimum absolute atomic E-state index is 0.0432. The Hall–Kier alpha value is -1.56. The van der Waals surface area contributed by atoms with Crippen LogP contribution in [0.25, 0.3) is 0 Å². The summed E-state index contributed by atoms with van der Waals surface area (Å²) in [5.74, 6) is 1.51. The van der Waals surface area contributed by atoms with Crippen LogP contribution in [-0.2, 0) is 12.8 Å². The van der Waals surface area contributed by atoms with Crippen LogP contribution in [0.3, 0.4) is 0 Å². The fraction of sp³-hybridized carbons (Fsp3) is 0.625. The molecular weight excluding hydrogens is 234 g/mol. The maximum absolute atomic E-state index is 9.34. The number of aryl methyl sites for hydroxylation is 2. The third kappa shape index (κ3) is 2.45. The molecule has 0 radical (unpaired) electrons. The van der Waals surface area contributed by atoms with Crippen LogP contribution in [-0.4, -0.2) is 10.5 Å². The van der Waals surface area contributed by atoms with Crippen LogP contribution in [0.15, 0.2) is 6.07 Å². The minimum atomic E-state index is 0.0432. The van der Waals surface area contributed by atoms with Gasteiger partial charge >= 0.3 is 0 Å². The third-order valence-corrected chi connectivity index (χ3v) is 4.46. The molecule has 2 aliphatic carbocycles. The molecule has 3 nitrogen and oxygen atoms in total. The Kier molecular flexibility index (Phi) is 2.97. The van der Waals surface area contributed by atoms with Gasteiger partial charge in [-0.2, -0.15) is 5.26 Å². The zero-order chi connectivity index (χ0) is 13.5. The van der Waals surface area contributed by atoms with Crippen LogP contribution >= 0.6 is 0 Å². The maximum Gasteiger partial charge on any atom is 0.144 e. The van der Waals surface area contributed by atoms with Crippen molar-refractivity contribution in [3.63, 3.8) is 0 Å². The molecule has 19 heavy (non-hydrogen) atoms. The molecule has 1 N–H and O–H groups in total. The van der Waals surface area contributed by atoms with Crippen molar-refractivity contribution in [1.29, 1.82) is 5.26 Å². The monoisotopic (exact) mass is 255 g/mol. The topological polar surface area (TPSA) is 48.7 Å². The number of hydrogen-bond acceptors (Lipinski definition) is 3. The summed E-state index contributed by atoms with van der Waals surface area (Å²) in [6, 6.07) is 4.35. The predicted octanol–water partition coefficient (Wildman–Crippen LogP) is 3.43. The first-order chi connectivity index (χ1) is 9.10. The molecule has 100 valence electrons. The van der Waals surface area contributed by atoms with Gasteiger partial charge in [0, 0.05) is 11.2 Å². The second-order valence-corrected chi connectivity index (χ2v) is 6.43. The van der Waals surface area contributed by atoms with Gasteiger partial charge in [0.1, 0.15) is 11.9 Å². The normalized spacial score (nSPS) is 18.6. The second-order valence-electron chi connectivity index (χ2n) is 6.43. The van der Waals surface area contributed by atoms with Gasteiger partial charge in [0.25, 0.3) is 0 Å². The standard InChI is InChI=1S/C16H21N3/c1-16(2,13-7-8-13)19-15-12(10-17)9-11-5-3-4-6-14(11)18-15/h9,13H,3-8H2,1-2H3,(H,18,19). The summed E-state index contributed by atoms with van der Waals surface area (Å²) in [7, 11) is 0. The summed E-state index contributed by atoms with van der Waals surface area (Å²) in [6.45, 7) is 4.43. The van der Waals surface area contributed by atoms with Crippen molar-refractivity contribution >= 4 is 5.82 Å². The first kappa shape index (κ1) is 12.5. The van der Waals surface area contributed by atoms with E-state index in [4.69, 9.17) is 4.98 Å². The van der Waals surface area contributed by atoms with E-state index in [2.05, 4.69) is 25.2 Å². The van der Waals surface area contributed by atoms with Gasteiger partial charge in [-0.25, -0.2) is 4.98 Å². The molecule has 0 aliphatic heterocycles. The van der Waals surface area contributed by atoms with E-state index in [1.165, 1.54) is 36.9 Å². The number of anilines is 1. The van der Waals surface area contributed by atoms with Gasteiger partial charge in [-0.3, -0.25) is 0 Å². The van der Waals surface area contributed by atoms with Crippen molar-refractivity contribution in [2.24, 2.45) is 5.92 Å². The Morgan fingerprint density at radius 2 is 2.05 bits per heavy atom. The van der Waals surface area contributed by atoms with Gasteiger partial charge in [-0.1, -0.05) is 0 Å². The summed E-state index contributed by atoms with van der Waals surface area (Å²) in [4.78, 5) is 4.75. The van der Waals surface area contributed by atoms with Crippen molar-refractivity contribution in [3.8, 4) is 6.07 Å². The third-order valence-electron chi connectivity index (χ3n) is 4.46. The van der Waals surface area contributed by atoms with Crippen LogP contribution in [0.2, 0.25) is 0 Å². The van der Waals surface area contributed by atoms with E-state index in [0.29, 0.717) is 5.56 Å². The lowest BCUT2D eigenvalue weighted by Gasteiger charge is -2.28. The number of fused-ring (bicyclic) bond motifs is 1. The number of rotatable bonds is 3. The van der Waals surface area contributed by atoms with Gasteiger partial charge in [-0.05, 0) is 69.9 Å². The Bertz CT molecular complexity index is 536. The number of hydrogen-bond donors (Lipinski definition) is 1. The zero-order valence-electron chi connectivity index (χ0n) is 11.8. The van der Waals surface area contributed by atoms with Gasteiger partial charge < -0.3 is 5.32 Å². The molecule has 0 saturated heterocycles. The molecule has 0 atom stereocenters. The summed E-state index contributed by atoms with van der Waals surface area (Å²) >= 11 is 0. The first-order valence-electron chi connectivity index (χ1n) is 7.31. The SMILES string of the molecule is CC(C)(Nc1nc2c(cc1C#N)CCCC2)C1CC1. The largest absolute Gasteiger partial charge is 0.364 e. The molecule has 0 bridgehead atoms. The number of pyridine rings is 1. The molecule has 1 fully saturated rings. The fourth-order valence-electron chi connectivity index (χ4n) is 3.03. The number of aromatic nitrogens is 1. The highest BCUT2D eigenvalue weighted by atomic mass is 15.1. The van der Waals surface area contributed by atoms with E-state index in [1.54, 1.807) is 0 Å². The highest BCUT2D eigenvalue weighted by molar-refractivity contribution is 5.56. The summed E-state index contributed by atoms with van der Waals surface area (Å²) in [5, 5.41) is 12.9. The average molecular weight is 255 g/mol. The second kappa shape index (κ2) is 4.52. The molecule has 1 aromatic rings. The average Bonchev–Trinajstić information content (AvgIpc) is 3.22. The van der Waals surface area contributed by atoms with Crippen molar-refractivity contribution < 1.29 is 0 Å².